The number of rotatable bonds is 4. The monoisotopic (exact) mass is 334 g/mol. The van der Waals surface area contributed by atoms with E-state index in [9.17, 15) is 0 Å². The molecule has 1 saturated carbocycles. The normalized spacial score (nSPS) is 25.7. The molecule has 2 fully saturated rings. The molecule has 0 radical (unpaired) electrons. The van der Waals surface area contributed by atoms with Gasteiger partial charge in [0.25, 0.3) is 0 Å². The van der Waals surface area contributed by atoms with E-state index in [0.717, 1.165) is 25.5 Å². The van der Waals surface area contributed by atoms with E-state index in [1.165, 1.54) is 17.7 Å². The predicted octanol–water partition coefficient (Wildman–Crippen LogP) is 2.99. The van der Waals surface area contributed by atoms with Gasteiger partial charge in [-0.1, -0.05) is 48.5 Å². The Hall–Kier alpha value is -2.49. The summed E-state index contributed by atoms with van der Waals surface area (Å²) in [6, 6.07) is 22.3. The molecule has 2 aliphatic rings. The number of guanidine groups is 1. The summed E-state index contributed by atoms with van der Waals surface area (Å²) in [7, 11) is 1.86. The minimum Gasteiger partial charge on any atom is -0.369 e. The maximum absolute atomic E-state index is 4.43. The predicted molar refractivity (Wildman–Crippen MR) is 104 cm³/mol. The first kappa shape index (κ1) is 16.0. The summed E-state index contributed by atoms with van der Waals surface area (Å²) in [5, 5.41) is 7.20. The van der Waals surface area contributed by atoms with Gasteiger partial charge in [0.1, 0.15) is 0 Å². The Labute approximate surface area is 150 Å². The number of aliphatic imine (C=N–C) groups is 1. The van der Waals surface area contributed by atoms with E-state index >= 15 is 0 Å². The van der Waals surface area contributed by atoms with Gasteiger partial charge >= 0.3 is 0 Å². The molecule has 4 rings (SSSR count). The minimum absolute atomic E-state index is 0.445. The zero-order chi connectivity index (χ0) is 17.1. The molecule has 0 amide bonds. The van der Waals surface area contributed by atoms with Gasteiger partial charge in [-0.3, -0.25) is 4.99 Å². The molecule has 130 valence electrons. The first-order chi connectivity index (χ1) is 12.3. The van der Waals surface area contributed by atoms with Crippen molar-refractivity contribution in [2.45, 2.75) is 30.8 Å². The van der Waals surface area contributed by atoms with E-state index < -0.39 is 0 Å². The lowest BCUT2D eigenvalue weighted by atomic mass is 10.1. The Balaban J connectivity index is 1.29. The zero-order valence-electron chi connectivity index (χ0n) is 14.7. The van der Waals surface area contributed by atoms with Crippen molar-refractivity contribution in [3.05, 3.63) is 66.2 Å². The molecule has 0 bridgehead atoms. The molecule has 3 atom stereocenters. The molecule has 1 saturated heterocycles. The zero-order valence-corrected chi connectivity index (χ0v) is 14.7. The number of hydrogen-bond acceptors (Lipinski definition) is 2. The molecule has 2 aromatic carbocycles. The maximum atomic E-state index is 4.43. The molecule has 0 spiro atoms. The number of nitrogens with zero attached hydrogens (tertiary/aromatic N) is 2. The lowest BCUT2D eigenvalue weighted by Crippen LogP contribution is -2.45. The van der Waals surface area contributed by atoms with Gasteiger partial charge in [0, 0.05) is 43.8 Å². The molecular weight excluding hydrogens is 308 g/mol. The van der Waals surface area contributed by atoms with Crippen LogP contribution in [-0.4, -0.2) is 38.2 Å². The highest BCUT2D eigenvalue weighted by atomic mass is 15.3. The van der Waals surface area contributed by atoms with Crippen LogP contribution in [0.1, 0.15) is 24.3 Å². The van der Waals surface area contributed by atoms with Crippen LogP contribution in [0, 0.1) is 0 Å². The first-order valence-corrected chi connectivity index (χ1v) is 9.18. The number of para-hydroxylation sites is 1. The smallest absolute Gasteiger partial charge is 0.191 e. The fourth-order valence-corrected chi connectivity index (χ4v) is 3.71. The Morgan fingerprint density at radius 1 is 1.00 bits per heavy atom. The third-order valence-corrected chi connectivity index (χ3v) is 5.21. The number of hydrogen-bond donors (Lipinski definition) is 2. The summed E-state index contributed by atoms with van der Waals surface area (Å²) in [6.45, 7) is 2.12. The van der Waals surface area contributed by atoms with Crippen LogP contribution in [0.2, 0.25) is 0 Å². The van der Waals surface area contributed by atoms with Crippen molar-refractivity contribution in [3.63, 3.8) is 0 Å². The van der Waals surface area contributed by atoms with Crippen molar-refractivity contribution in [1.82, 2.24) is 10.6 Å². The Morgan fingerprint density at radius 2 is 1.72 bits per heavy atom. The molecule has 1 heterocycles. The Morgan fingerprint density at radius 3 is 2.44 bits per heavy atom. The molecule has 3 unspecified atom stereocenters. The topological polar surface area (TPSA) is 39.7 Å². The highest BCUT2D eigenvalue weighted by Crippen LogP contribution is 2.40. The Kier molecular flexibility index (Phi) is 4.59. The van der Waals surface area contributed by atoms with Gasteiger partial charge in [0.2, 0.25) is 0 Å². The van der Waals surface area contributed by atoms with Crippen LogP contribution < -0.4 is 15.5 Å². The summed E-state index contributed by atoms with van der Waals surface area (Å²) in [6.07, 6.45) is 2.33. The summed E-state index contributed by atoms with van der Waals surface area (Å²) in [4.78, 5) is 6.87. The van der Waals surface area contributed by atoms with Crippen molar-refractivity contribution in [2.24, 2.45) is 4.99 Å². The van der Waals surface area contributed by atoms with Crippen LogP contribution in [0.4, 0.5) is 5.69 Å². The summed E-state index contributed by atoms with van der Waals surface area (Å²) >= 11 is 0. The van der Waals surface area contributed by atoms with Crippen molar-refractivity contribution in [1.29, 1.82) is 0 Å². The van der Waals surface area contributed by atoms with Crippen molar-refractivity contribution >= 4 is 11.6 Å². The lowest BCUT2D eigenvalue weighted by molar-refractivity contribution is 0.646. The van der Waals surface area contributed by atoms with Gasteiger partial charge in [0.05, 0.1) is 0 Å². The van der Waals surface area contributed by atoms with Crippen LogP contribution in [0.5, 0.6) is 0 Å². The minimum atomic E-state index is 0.445. The summed E-state index contributed by atoms with van der Waals surface area (Å²) in [5.41, 5.74) is 2.73. The molecule has 2 aromatic rings. The third-order valence-electron chi connectivity index (χ3n) is 5.21. The highest BCUT2D eigenvalue weighted by Gasteiger charge is 2.39. The number of anilines is 1. The van der Waals surface area contributed by atoms with Crippen molar-refractivity contribution in [2.75, 3.05) is 25.0 Å². The quantitative estimate of drug-likeness (QED) is 0.667. The van der Waals surface area contributed by atoms with E-state index in [-0.39, 0.29) is 0 Å². The van der Waals surface area contributed by atoms with Crippen LogP contribution in [0.25, 0.3) is 0 Å². The second-order valence-electron chi connectivity index (χ2n) is 6.99. The molecule has 4 heteroatoms. The lowest BCUT2D eigenvalue weighted by Gasteiger charge is -2.20. The van der Waals surface area contributed by atoms with Gasteiger partial charge < -0.3 is 15.5 Å². The van der Waals surface area contributed by atoms with Crippen LogP contribution in [0.3, 0.4) is 0 Å². The average Bonchev–Trinajstić information content (AvgIpc) is 3.29. The SMILES string of the molecule is CN=C(NC1CCN(c2ccccc2)C1)NC1CC1c1ccccc1. The van der Waals surface area contributed by atoms with Gasteiger partial charge in [-0.25, -0.2) is 0 Å². The van der Waals surface area contributed by atoms with E-state index in [0.29, 0.717) is 18.0 Å². The van der Waals surface area contributed by atoms with E-state index in [2.05, 4.69) is 81.2 Å². The first-order valence-electron chi connectivity index (χ1n) is 9.18. The van der Waals surface area contributed by atoms with Gasteiger partial charge in [0.15, 0.2) is 5.96 Å². The van der Waals surface area contributed by atoms with E-state index in [4.69, 9.17) is 0 Å². The molecule has 1 aliphatic carbocycles. The van der Waals surface area contributed by atoms with E-state index in [1.54, 1.807) is 0 Å². The largest absolute Gasteiger partial charge is 0.369 e. The average molecular weight is 334 g/mol. The standard InChI is InChI=1S/C21H26N4/c1-22-21(24-20-14-19(20)16-8-4-2-5-9-16)23-17-12-13-25(15-17)18-10-6-3-7-11-18/h2-11,17,19-20H,12-15H2,1H3,(H2,22,23,24). The van der Waals surface area contributed by atoms with Crippen molar-refractivity contribution < 1.29 is 0 Å². The molecular formula is C21H26N4. The third kappa shape index (κ3) is 3.78. The van der Waals surface area contributed by atoms with Crippen LogP contribution in [0.15, 0.2) is 65.7 Å². The molecule has 25 heavy (non-hydrogen) atoms. The fraction of sp³-hybridized carbons (Fsp3) is 0.381. The van der Waals surface area contributed by atoms with Crippen LogP contribution >= 0.6 is 0 Å². The molecule has 0 aromatic heterocycles. The summed E-state index contributed by atoms with van der Waals surface area (Å²) < 4.78 is 0. The van der Waals surface area contributed by atoms with Gasteiger partial charge in [-0.2, -0.15) is 0 Å². The van der Waals surface area contributed by atoms with E-state index in [1.807, 2.05) is 7.05 Å². The molecule has 2 N–H and O–H groups in total. The molecule has 1 aliphatic heterocycles. The maximum Gasteiger partial charge on any atom is 0.191 e. The molecule has 4 nitrogen and oxygen atoms in total. The number of nitrogens with one attached hydrogen (secondary N) is 2. The second kappa shape index (κ2) is 7.18. The van der Waals surface area contributed by atoms with Gasteiger partial charge in [-0.05, 0) is 30.5 Å². The highest BCUT2D eigenvalue weighted by molar-refractivity contribution is 5.81. The summed E-state index contributed by atoms with van der Waals surface area (Å²) in [5.74, 6) is 1.55. The van der Waals surface area contributed by atoms with Crippen LogP contribution in [-0.2, 0) is 0 Å². The Bertz CT molecular complexity index is 713. The fourth-order valence-electron chi connectivity index (χ4n) is 3.71. The van der Waals surface area contributed by atoms with Crippen molar-refractivity contribution in [3.8, 4) is 0 Å². The number of benzene rings is 2. The van der Waals surface area contributed by atoms with Gasteiger partial charge in [-0.15, -0.1) is 0 Å². The second-order valence-corrected chi connectivity index (χ2v) is 6.99.